The normalized spacial score (nSPS) is 25.6. The predicted octanol–water partition coefficient (Wildman–Crippen LogP) is 1.35. The van der Waals surface area contributed by atoms with Crippen molar-refractivity contribution in [3.8, 4) is 0 Å². The van der Waals surface area contributed by atoms with Gasteiger partial charge < -0.3 is 20.5 Å². The fourth-order valence-electron chi connectivity index (χ4n) is 2.41. The molecule has 4 unspecified atom stereocenters. The summed E-state index contributed by atoms with van der Waals surface area (Å²) in [4.78, 5) is 23.0. The fourth-order valence-corrected chi connectivity index (χ4v) is 2.41. The maximum absolute atomic E-state index is 11.9. The van der Waals surface area contributed by atoms with Crippen LogP contribution in [0.25, 0.3) is 0 Å². The Bertz CT molecular complexity index is 322. The van der Waals surface area contributed by atoms with Gasteiger partial charge in [-0.2, -0.15) is 0 Å². The van der Waals surface area contributed by atoms with Crippen molar-refractivity contribution in [3.63, 3.8) is 0 Å². The first-order valence-corrected chi connectivity index (χ1v) is 6.82. The van der Waals surface area contributed by atoms with E-state index in [1.807, 2.05) is 13.8 Å². The molecule has 0 aromatic carbocycles. The number of urea groups is 1. The largest absolute Gasteiger partial charge is 0.480 e. The number of methoxy groups -OCH3 is 1. The van der Waals surface area contributed by atoms with Crippen molar-refractivity contribution in [2.24, 2.45) is 5.92 Å². The van der Waals surface area contributed by atoms with Crippen LogP contribution in [0.3, 0.4) is 0 Å². The number of hydrogen-bond acceptors (Lipinski definition) is 3. The summed E-state index contributed by atoms with van der Waals surface area (Å²) in [6.07, 6.45) is 3.53. The van der Waals surface area contributed by atoms with Gasteiger partial charge in [0.25, 0.3) is 0 Å². The fraction of sp³-hybridized carbons (Fsp3) is 0.846. The van der Waals surface area contributed by atoms with Crippen molar-refractivity contribution in [2.45, 2.75) is 57.7 Å². The first kappa shape index (κ1) is 15.8. The molecule has 0 aromatic rings. The van der Waals surface area contributed by atoms with Crippen LogP contribution in [0.1, 0.15) is 39.5 Å². The van der Waals surface area contributed by atoms with Gasteiger partial charge in [-0.25, -0.2) is 9.59 Å². The third-order valence-corrected chi connectivity index (χ3v) is 3.84. The second-order valence-electron chi connectivity index (χ2n) is 5.13. The van der Waals surface area contributed by atoms with Crippen LogP contribution >= 0.6 is 0 Å². The topological polar surface area (TPSA) is 87.7 Å². The van der Waals surface area contributed by atoms with Crippen molar-refractivity contribution in [2.75, 3.05) is 7.11 Å². The number of hydrogen-bond donors (Lipinski definition) is 3. The summed E-state index contributed by atoms with van der Waals surface area (Å²) >= 11 is 0. The summed E-state index contributed by atoms with van der Waals surface area (Å²) < 4.78 is 5.29. The van der Waals surface area contributed by atoms with Gasteiger partial charge >= 0.3 is 12.0 Å². The lowest BCUT2D eigenvalue weighted by Crippen LogP contribution is -2.52. The van der Waals surface area contributed by atoms with Crippen LogP contribution in [-0.4, -0.2) is 42.4 Å². The van der Waals surface area contributed by atoms with E-state index in [1.54, 1.807) is 7.11 Å². The van der Waals surface area contributed by atoms with Crippen LogP contribution < -0.4 is 10.6 Å². The number of amides is 2. The minimum absolute atomic E-state index is 0.0256. The molecular weight excluding hydrogens is 248 g/mol. The quantitative estimate of drug-likeness (QED) is 0.681. The SMILES string of the molecule is CCC(C)C(NC(=O)NC1CCCC1OC)C(=O)O. The van der Waals surface area contributed by atoms with Gasteiger partial charge in [0.1, 0.15) is 6.04 Å². The molecule has 0 heterocycles. The Morgan fingerprint density at radius 3 is 2.63 bits per heavy atom. The van der Waals surface area contributed by atoms with Crippen LogP contribution in [-0.2, 0) is 9.53 Å². The van der Waals surface area contributed by atoms with Crippen molar-refractivity contribution in [3.05, 3.63) is 0 Å². The van der Waals surface area contributed by atoms with Crippen LogP contribution in [0.2, 0.25) is 0 Å². The molecular formula is C13H24N2O4. The van der Waals surface area contributed by atoms with Gasteiger partial charge in [-0.1, -0.05) is 20.3 Å². The van der Waals surface area contributed by atoms with E-state index in [2.05, 4.69) is 10.6 Å². The van der Waals surface area contributed by atoms with E-state index < -0.39 is 18.0 Å². The Labute approximate surface area is 113 Å². The van der Waals surface area contributed by atoms with Gasteiger partial charge in [0.2, 0.25) is 0 Å². The highest BCUT2D eigenvalue weighted by Crippen LogP contribution is 2.21. The monoisotopic (exact) mass is 272 g/mol. The summed E-state index contributed by atoms with van der Waals surface area (Å²) in [5, 5.41) is 14.5. The van der Waals surface area contributed by atoms with E-state index in [0.29, 0.717) is 6.42 Å². The maximum atomic E-state index is 11.9. The summed E-state index contributed by atoms with van der Waals surface area (Å²) in [6, 6.07) is -1.31. The van der Waals surface area contributed by atoms with Crippen molar-refractivity contribution in [1.82, 2.24) is 10.6 Å². The molecule has 1 saturated carbocycles. The number of carboxylic acids is 1. The van der Waals surface area contributed by atoms with Crippen LogP contribution in [0.4, 0.5) is 4.79 Å². The molecule has 6 nitrogen and oxygen atoms in total. The highest BCUT2D eigenvalue weighted by molar-refractivity contribution is 5.82. The van der Waals surface area contributed by atoms with Crippen LogP contribution in [0.15, 0.2) is 0 Å². The summed E-state index contributed by atoms with van der Waals surface area (Å²) in [5.41, 5.74) is 0. The maximum Gasteiger partial charge on any atom is 0.326 e. The molecule has 3 N–H and O–H groups in total. The molecule has 4 atom stereocenters. The number of nitrogens with one attached hydrogen (secondary N) is 2. The number of carbonyl (C=O) groups is 2. The molecule has 1 aliphatic rings. The Morgan fingerprint density at radius 2 is 2.11 bits per heavy atom. The van der Waals surface area contributed by atoms with Crippen molar-refractivity contribution < 1.29 is 19.4 Å². The lowest BCUT2D eigenvalue weighted by molar-refractivity contribution is -0.140. The molecule has 0 saturated heterocycles. The van der Waals surface area contributed by atoms with E-state index in [0.717, 1.165) is 19.3 Å². The molecule has 0 radical (unpaired) electrons. The number of ether oxygens (including phenoxy) is 1. The summed E-state index contributed by atoms with van der Waals surface area (Å²) in [5.74, 6) is -1.11. The zero-order chi connectivity index (χ0) is 14.4. The van der Waals surface area contributed by atoms with Crippen molar-refractivity contribution in [1.29, 1.82) is 0 Å². The third kappa shape index (κ3) is 4.38. The highest BCUT2D eigenvalue weighted by Gasteiger charge is 2.30. The Morgan fingerprint density at radius 1 is 1.42 bits per heavy atom. The lowest BCUT2D eigenvalue weighted by Gasteiger charge is -2.24. The predicted molar refractivity (Wildman–Crippen MR) is 71.0 cm³/mol. The minimum atomic E-state index is -1.00. The zero-order valence-electron chi connectivity index (χ0n) is 11.8. The van der Waals surface area contributed by atoms with Crippen LogP contribution in [0.5, 0.6) is 0 Å². The first-order valence-electron chi connectivity index (χ1n) is 6.82. The smallest absolute Gasteiger partial charge is 0.326 e. The van der Waals surface area contributed by atoms with Gasteiger partial charge in [0.05, 0.1) is 12.1 Å². The first-order chi connectivity index (χ1) is 8.99. The molecule has 0 spiro atoms. The van der Waals surface area contributed by atoms with Gasteiger partial charge in [0, 0.05) is 7.11 Å². The van der Waals surface area contributed by atoms with E-state index in [1.165, 1.54) is 0 Å². The van der Waals surface area contributed by atoms with Gasteiger partial charge in [0.15, 0.2) is 0 Å². The van der Waals surface area contributed by atoms with Crippen molar-refractivity contribution >= 4 is 12.0 Å². The van der Waals surface area contributed by atoms with E-state index in [-0.39, 0.29) is 18.1 Å². The van der Waals surface area contributed by atoms with Gasteiger partial charge in [-0.05, 0) is 25.2 Å². The third-order valence-electron chi connectivity index (χ3n) is 3.84. The van der Waals surface area contributed by atoms with Gasteiger partial charge in [-0.3, -0.25) is 0 Å². The van der Waals surface area contributed by atoms with E-state index in [9.17, 15) is 9.59 Å². The minimum Gasteiger partial charge on any atom is -0.480 e. The standard InChI is InChI=1S/C13H24N2O4/c1-4-8(2)11(12(16)17)15-13(18)14-9-6-5-7-10(9)19-3/h8-11H,4-7H2,1-3H3,(H,16,17)(H2,14,15,18). The van der Waals surface area contributed by atoms with E-state index in [4.69, 9.17) is 9.84 Å². The Kier molecular flexibility index (Phi) is 6.08. The molecule has 110 valence electrons. The second kappa shape index (κ2) is 7.33. The van der Waals surface area contributed by atoms with E-state index >= 15 is 0 Å². The number of carboxylic acid groups (broad SMARTS) is 1. The molecule has 1 rings (SSSR count). The zero-order valence-corrected chi connectivity index (χ0v) is 11.8. The molecule has 0 aliphatic heterocycles. The lowest BCUT2D eigenvalue weighted by atomic mass is 9.99. The summed E-state index contributed by atoms with van der Waals surface area (Å²) in [7, 11) is 1.63. The number of carbonyl (C=O) groups excluding carboxylic acids is 1. The average molecular weight is 272 g/mol. The molecule has 1 aliphatic carbocycles. The molecule has 19 heavy (non-hydrogen) atoms. The number of aliphatic carboxylic acids is 1. The molecule has 6 heteroatoms. The second-order valence-corrected chi connectivity index (χ2v) is 5.13. The van der Waals surface area contributed by atoms with Crippen LogP contribution in [0, 0.1) is 5.92 Å². The molecule has 0 aromatic heterocycles. The summed E-state index contributed by atoms with van der Waals surface area (Å²) in [6.45, 7) is 3.71. The number of rotatable bonds is 6. The Hall–Kier alpha value is -1.30. The molecule has 1 fully saturated rings. The Balaban J connectivity index is 2.51. The average Bonchev–Trinajstić information content (AvgIpc) is 2.81. The van der Waals surface area contributed by atoms with Gasteiger partial charge in [-0.15, -0.1) is 0 Å². The molecule has 0 bridgehead atoms. The molecule has 2 amide bonds. The highest BCUT2D eigenvalue weighted by atomic mass is 16.5.